The Bertz CT molecular complexity index is 587. The minimum atomic E-state index is -3.37. The molecule has 0 amide bonds. The molecule has 0 aliphatic rings. The Morgan fingerprint density at radius 3 is 1.52 bits per heavy atom. The van der Waals surface area contributed by atoms with E-state index in [0.29, 0.717) is 0 Å². The molecule has 0 spiro atoms. The topological polar surface area (TPSA) is 0 Å². The van der Waals surface area contributed by atoms with Gasteiger partial charge in [-0.15, -0.1) is 0 Å². The highest BCUT2D eigenvalue weighted by atomic mass is 19.3. The van der Waals surface area contributed by atoms with Crippen LogP contribution in [0.5, 0.6) is 0 Å². The van der Waals surface area contributed by atoms with Crippen molar-refractivity contribution in [2.45, 2.75) is 12.8 Å². The van der Waals surface area contributed by atoms with Crippen LogP contribution in [0.2, 0.25) is 0 Å². The Labute approximate surface area is 112 Å². The predicted molar refractivity (Wildman–Crippen MR) is 55.1 cm³/mol. The molecule has 0 aliphatic carbocycles. The quantitative estimate of drug-likeness (QED) is 0.309. The molecule has 0 nitrogen and oxygen atoms in total. The maximum atomic E-state index is 13.4. The number of hydrogen-bond acceptors (Lipinski definition) is 0. The van der Waals surface area contributed by atoms with Crippen molar-refractivity contribution in [1.82, 2.24) is 0 Å². The average Bonchev–Trinajstić information content (AvgIpc) is 2.37. The van der Waals surface area contributed by atoms with Crippen molar-refractivity contribution in [2.24, 2.45) is 0 Å². The third-order valence-electron chi connectivity index (χ3n) is 2.34. The molecule has 0 heterocycles. The minimum Gasteiger partial charge on any atom is -0.211 e. The lowest BCUT2D eigenvalue weighted by Gasteiger charge is -2.12. The second-order valence-electron chi connectivity index (χ2n) is 3.72. The van der Waals surface area contributed by atoms with Gasteiger partial charge >= 0.3 is 0 Å². The largest absolute Gasteiger partial charge is 0.244 e. The molecule has 0 unspecified atom stereocenters. The third-order valence-corrected chi connectivity index (χ3v) is 2.34. The van der Waals surface area contributed by atoms with Gasteiger partial charge in [-0.1, -0.05) is 6.58 Å². The van der Waals surface area contributed by atoms with E-state index < -0.39 is 64.7 Å². The van der Waals surface area contributed by atoms with E-state index >= 15 is 0 Å². The maximum Gasteiger partial charge on any atom is 0.244 e. The molecule has 1 aromatic rings. The second kappa shape index (κ2) is 6.23. The van der Waals surface area contributed by atoms with Crippen LogP contribution < -0.4 is 0 Å². The molecule has 0 radical (unpaired) electrons. The van der Waals surface area contributed by atoms with Crippen molar-refractivity contribution in [3.63, 3.8) is 0 Å². The summed E-state index contributed by atoms with van der Waals surface area (Å²) in [5.41, 5.74) is -3.82. The van der Waals surface area contributed by atoms with E-state index in [1.165, 1.54) is 0 Å². The SMILES string of the molecule is C=C(F)/C(=C(/F)CC(F)F)c1c(F)c(F)c(F)c(F)c1F. The normalized spacial score (nSPS) is 12.7. The summed E-state index contributed by atoms with van der Waals surface area (Å²) < 4.78 is 116. The molecular weight excluding hydrogens is 315 g/mol. The Balaban J connectivity index is 3.74. The molecule has 0 saturated heterocycles. The average molecular weight is 320 g/mol. The van der Waals surface area contributed by atoms with Crippen LogP contribution >= 0.6 is 0 Å². The van der Waals surface area contributed by atoms with E-state index in [1.807, 2.05) is 0 Å². The highest BCUT2D eigenvalue weighted by molar-refractivity contribution is 5.78. The van der Waals surface area contributed by atoms with Crippen molar-refractivity contribution in [2.75, 3.05) is 0 Å². The van der Waals surface area contributed by atoms with Crippen LogP contribution in [0.15, 0.2) is 18.2 Å². The molecule has 9 heteroatoms. The van der Waals surface area contributed by atoms with Gasteiger partial charge < -0.3 is 0 Å². The summed E-state index contributed by atoms with van der Waals surface area (Å²) in [6.45, 7) is 2.44. The standard InChI is InChI=1S/C12H5F9/c1-3(13)6(4(14)2-5(15)16)7-8(17)10(19)12(21)11(20)9(7)18/h5H,1-2H2/b6-4-. The molecule has 0 bridgehead atoms. The van der Waals surface area contributed by atoms with E-state index in [-0.39, 0.29) is 0 Å². The molecule has 116 valence electrons. The first-order valence-corrected chi connectivity index (χ1v) is 5.12. The zero-order valence-electron chi connectivity index (χ0n) is 9.89. The number of rotatable bonds is 4. The maximum absolute atomic E-state index is 13.4. The van der Waals surface area contributed by atoms with Crippen molar-refractivity contribution in [1.29, 1.82) is 0 Å². The summed E-state index contributed by atoms with van der Waals surface area (Å²) >= 11 is 0. The summed E-state index contributed by atoms with van der Waals surface area (Å²) in [5, 5.41) is 0. The molecule has 0 aliphatic heterocycles. The highest BCUT2D eigenvalue weighted by Crippen LogP contribution is 2.36. The van der Waals surface area contributed by atoms with Gasteiger partial charge in [0.25, 0.3) is 0 Å². The van der Waals surface area contributed by atoms with E-state index in [0.717, 1.165) is 0 Å². The summed E-state index contributed by atoms with van der Waals surface area (Å²) in [7, 11) is 0. The molecule has 1 aromatic carbocycles. The summed E-state index contributed by atoms with van der Waals surface area (Å²) in [6, 6.07) is 0. The predicted octanol–water partition coefficient (Wildman–Crippen LogP) is 5.20. The monoisotopic (exact) mass is 320 g/mol. The van der Waals surface area contributed by atoms with E-state index in [1.54, 1.807) is 0 Å². The molecule has 0 N–H and O–H groups in total. The lowest BCUT2D eigenvalue weighted by Crippen LogP contribution is -2.08. The van der Waals surface area contributed by atoms with Gasteiger partial charge in [0.05, 0.1) is 17.6 Å². The van der Waals surface area contributed by atoms with Crippen LogP contribution in [0.25, 0.3) is 5.57 Å². The number of alkyl halides is 2. The van der Waals surface area contributed by atoms with Crippen LogP contribution in [0.3, 0.4) is 0 Å². The lowest BCUT2D eigenvalue weighted by atomic mass is 10.0. The van der Waals surface area contributed by atoms with Gasteiger partial charge in [-0.25, -0.2) is 39.5 Å². The van der Waals surface area contributed by atoms with E-state index in [9.17, 15) is 39.5 Å². The van der Waals surface area contributed by atoms with Gasteiger partial charge in [0.15, 0.2) is 23.3 Å². The Morgan fingerprint density at radius 2 is 1.19 bits per heavy atom. The zero-order chi connectivity index (χ0) is 16.5. The van der Waals surface area contributed by atoms with Crippen LogP contribution in [0, 0.1) is 29.1 Å². The number of hydrogen-bond donors (Lipinski definition) is 0. The molecule has 0 saturated carbocycles. The molecule has 0 aromatic heterocycles. The van der Waals surface area contributed by atoms with Gasteiger partial charge in [0, 0.05) is 0 Å². The zero-order valence-corrected chi connectivity index (χ0v) is 9.89. The summed E-state index contributed by atoms with van der Waals surface area (Å²) in [6.07, 6.45) is -5.15. The smallest absolute Gasteiger partial charge is 0.211 e. The minimum absolute atomic E-state index is 1.78. The van der Waals surface area contributed by atoms with Crippen molar-refractivity contribution >= 4 is 5.57 Å². The molecule has 0 atom stereocenters. The summed E-state index contributed by atoms with van der Waals surface area (Å²) in [5.74, 6) is -16.6. The highest BCUT2D eigenvalue weighted by Gasteiger charge is 2.31. The molecule has 21 heavy (non-hydrogen) atoms. The number of benzene rings is 1. The van der Waals surface area contributed by atoms with E-state index in [4.69, 9.17) is 0 Å². The van der Waals surface area contributed by atoms with Crippen LogP contribution in [-0.2, 0) is 0 Å². The fraction of sp³-hybridized carbons (Fsp3) is 0.167. The van der Waals surface area contributed by atoms with Gasteiger partial charge in [-0.2, -0.15) is 0 Å². The first-order valence-electron chi connectivity index (χ1n) is 5.12. The third kappa shape index (κ3) is 3.22. The van der Waals surface area contributed by atoms with Gasteiger partial charge in [-0.05, 0) is 0 Å². The van der Waals surface area contributed by atoms with Gasteiger partial charge in [0.1, 0.15) is 11.7 Å². The first kappa shape index (κ1) is 17.1. The molecule has 0 fully saturated rings. The van der Waals surface area contributed by atoms with Crippen molar-refractivity contribution < 1.29 is 39.5 Å². The van der Waals surface area contributed by atoms with Crippen LogP contribution in [0.1, 0.15) is 12.0 Å². The molecule has 1 rings (SSSR count). The van der Waals surface area contributed by atoms with Gasteiger partial charge in [-0.3, -0.25) is 0 Å². The van der Waals surface area contributed by atoms with Crippen LogP contribution in [-0.4, -0.2) is 6.43 Å². The van der Waals surface area contributed by atoms with Gasteiger partial charge in [0.2, 0.25) is 12.2 Å². The molecular formula is C12H5F9. The fourth-order valence-electron chi connectivity index (χ4n) is 1.48. The Morgan fingerprint density at radius 1 is 0.810 bits per heavy atom. The fourth-order valence-corrected chi connectivity index (χ4v) is 1.48. The van der Waals surface area contributed by atoms with Crippen molar-refractivity contribution in [3.8, 4) is 0 Å². The lowest BCUT2D eigenvalue weighted by molar-refractivity contribution is 0.141. The van der Waals surface area contributed by atoms with Crippen LogP contribution in [0.4, 0.5) is 39.5 Å². The Hall–Kier alpha value is -1.93. The number of halogens is 9. The van der Waals surface area contributed by atoms with E-state index in [2.05, 4.69) is 6.58 Å². The number of allylic oxidation sites excluding steroid dienone is 3. The first-order chi connectivity index (χ1) is 9.59. The summed E-state index contributed by atoms with van der Waals surface area (Å²) in [4.78, 5) is 0. The Kier molecular flexibility index (Phi) is 5.08. The second-order valence-corrected chi connectivity index (χ2v) is 3.72. The van der Waals surface area contributed by atoms with Crippen molar-refractivity contribution in [3.05, 3.63) is 52.9 Å².